The van der Waals surface area contributed by atoms with E-state index < -0.39 is 11.7 Å². The lowest BCUT2D eigenvalue weighted by Gasteiger charge is -2.33. The van der Waals surface area contributed by atoms with Gasteiger partial charge in [-0.15, -0.1) is 0 Å². The fourth-order valence-corrected chi connectivity index (χ4v) is 3.73. The van der Waals surface area contributed by atoms with E-state index >= 15 is 0 Å². The van der Waals surface area contributed by atoms with E-state index in [9.17, 15) is 13.2 Å². The minimum atomic E-state index is -4.27. The van der Waals surface area contributed by atoms with E-state index in [0.717, 1.165) is 63.0 Å². The molecule has 3 rings (SSSR count). The largest absolute Gasteiger partial charge is 0.416 e. The van der Waals surface area contributed by atoms with Gasteiger partial charge < -0.3 is 9.88 Å². The van der Waals surface area contributed by atoms with Crippen LogP contribution in [0.4, 0.5) is 13.2 Å². The monoisotopic (exact) mass is 380 g/mol. The maximum atomic E-state index is 12.8. The molecule has 0 aliphatic carbocycles. The zero-order valence-corrected chi connectivity index (χ0v) is 15.7. The van der Waals surface area contributed by atoms with Gasteiger partial charge in [0.2, 0.25) is 0 Å². The van der Waals surface area contributed by atoms with Crippen LogP contribution in [-0.4, -0.2) is 53.0 Å². The first-order valence-electron chi connectivity index (χ1n) is 9.45. The van der Waals surface area contributed by atoms with Crippen molar-refractivity contribution in [2.75, 3.05) is 33.2 Å². The number of rotatable bonds is 7. The second-order valence-corrected chi connectivity index (χ2v) is 7.47. The molecule has 0 bridgehead atoms. The van der Waals surface area contributed by atoms with Crippen molar-refractivity contribution >= 4 is 0 Å². The van der Waals surface area contributed by atoms with Crippen LogP contribution in [0.25, 0.3) is 0 Å². The number of aromatic amines is 1. The molecule has 0 unspecified atom stereocenters. The average molecular weight is 380 g/mol. The molecular weight excluding hydrogens is 353 g/mol. The summed E-state index contributed by atoms with van der Waals surface area (Å²) in [5.74, 6) is 1.64. The Hall–Kier alpha value is -1.86. The molecule has 1 fully saturated rings. The number of aromatic nitrogens is 2. The summed E-state index contributed by atoms with van der Waals surface area (Å²) in [4.78, 5) is 12.0. The summed E-state index contributed by atoms with van der Waals surface area (Å²) in [6.45, 7) is 4.71. The first kappa shape index (κ1) is 19.9. The number of imidazole rings is 1. The zero-order chi connectivity index (χ0) is 19.3. The molecule has 0 saturated carbocycles. The smallest absolute Gasteiger partial charge is 0.348 e. The van der Waals surface area contributed by atoms with E-state index in [-0.39, 0.29) is 0 Å². The summed E-state index contributed by atoms with van der Waals surface area (Å²) in [6.07, 6.45) is 2.26. The molecule has 7 heteroatoms. The van der Waals surface area contributed by atoms with Crippen LogP contribution < -0.4 is 0 Å². The van der Waals surface area contributed by atoms with Gasteiger partial charge >= 0.3 is 6.18 Å². The van der Waals surface area contributed by atoms with E-state index in [0.29, 0.717) is 12.3 Å². The van der Waals surface area contributed by atoms with Crippen molar-refractivity contribution in [2.24, 2.45) is 5.92 Å². The van der Waals surface area contributed by atoms with Gasteiger partial charge in [0.15, 0.2) is 0 Å². The fourth-order valence-electron chi connectivity index (χ4n) is 3.73. The van der Waals surface area contributed by atoms with Crippen LogP contribution >= 0.6 is 0 Å². The van der Waals surface area contributed by atoms with Crippen molar-refractivity contribution in [3.63, 3.8) is 0 Å². The Balaban J connectivity index is 1.39. The number of hydrogen-bond donors (Lipinski definition) is 1. The van der Waals surface area contributed by atoms with Crippen LogP contribution in [0.2, 0.25) is 0 Å². The number of alkyl halides is 3. The number of nitrogens with one attached hydrogen (secondary N) is 1. The Morgan fingerprint density at radius 2 is 2.04 bits per heavy atom. The van der Waals surface area contributed by atoms with Gasteiger partial charge in [0, 0.05) is 25.5 Å². The van der Waals surface area contributed by atoms with E-state index in [1.807, 2.05) is 6.20 Å². The minimum absolute atomic E-state index is 0.557. The number of halogens is 3. The van der Waals surface area contributed by atoms with Gasteiger partial charge in [0.05, 0.1) is 12.1 Å². The lowest BCUT2D eigenvalue weighted by Crippen LogP contribution is -2.38. The van der Waals surface area contributed by atoms with Crippen molar-refractivity contribution in [3.05, 3.63) is 53.6 Å². The van der Waals surface area contributed by atoms with E-state index in [1.165, 1.54) is 12.1 Å². The van der Waals surface area contributed by atoms with E-state index in [2.05, 4.69) is 26.8 Å². The molecule has 4 nitrogen and oxygen atoms in total. The Labute approximate surface area is 158 Å². The Morgan fingerprint density at radius 1 is 1.26 bits per heavy atom. The van der Waals surface area contributed by atoms with Gasteiger partial charge in [-0.2, -0.15) is 13.2 Å². The molecule has 0 radical (unpaired) electrons. The number of nitrogens with zero attached hydrogens (tertiary/aromatic N) is 3. The maximum Gasteiger partial charge on any atom is 0.416 e. The lowest BCUT2D eigenvalue weighted by atomic mass is 9.96. The third-order valence-corrected chi connectivity index (χ3v) is 5.22. The highest BCUT2D eigenvalue weighted by molar-refractivity contribution is 5.25. The topological polar surface area (TPSA) is 35.2 Å². The van der Waals surface area contributed by atoms with Crippen LogP contribution in [0.1, 0.15) is 29.8 Å². The minimum Gasteiger partial charge on any atom is -0.348 e. The summed E-state index contributed by atoms with van der Waals surface area (Å²) < 4.78 is 38.4. The molecule has 1 aliphatic rings. The van der Waals surface area contributed by atoms with Crippen molar-refractivity contribution in [1.82, 2.24) is 19.8 Å². The predicted octanol–water partition coefficient (Wildman–Crippen LogP) is 3.82. The van der Waals surface area contributed by atoms with E-state index in [4.69, 9.17) is 0 Å². The van der Waals surface area contributed by atoms with Crippen molar-refractivity contribution in [1.29, 1.82) is 0 Å². The van der Waals surface area contributed by atoms with Crippen molar-refractivity contribution in [2.45, 2.75) is 32.0 Å². The van der Waals surface area contributed by atoms with Gasteiger partial charge in [-0.25, -0.2) is 4.98 Å². The Kier molecular flexibility index (Phi) is 6.55. The Bertz CT molecular complexity index is 692. The molecule has 1 aliphatic heterocycles. The highest BCUT2D eigenvalue weighted by Gasteiger charge is 2.30. The van der Waals surface area contributed by atoms with Crippen molar-refractivity contribution < 1.29 is 13.2 Å². The quantitative estimate of drug-likeness (QED) is 0.793. The number of likely N-dealkylation sites (tertiary alicyclic amines) is 1. The number of H-pyrrole nitrogens is 1. The second-order valence-electron chi connectivity index (χ2n) is 7.47. The average Bonchev–Trinajstić information content (AvgIpc) is 3.13. The van der Waals surface area contributed by atoms with Gasteiger partial charge in [-0.1, -0.05) is 18.2 Å². The first-order chi connectivity index (χ1) is 12.9. The van der Waals surface area contributed by atoms with Gasteiger partial charge in [-0.3, -0.25) is 4.90 Å². The molecule has 2 aromatic rings. The summed E-state index contributed by atoms with van der Waals surface area (Å²) in [5.41, 5.74) is 0.198. The van der Waals surface area contributed by atoms with Crippen LogP contribution in [-0.2, 0) is 19.1 Å². The highest BCUT2D eigenvalue weighted by atomic mass is 19.4. The molecule has 0 amide bonds. The maximum absolute atomic E-state index is 12.8. The summed E-state index contributed by atoms with van der Waals surface area (Å²) in [7, 11) is 2.11. The molecule has 0 spiro atoms. The summed E-state index contributed by atoms with van der Waals surface area (Å²) in [5, 5.41) is 0. The van der Waals surface area contributed by atoms with Crippen LogP contribution in [0.3, 0.4) is 0 Å². The second kappa shape index (κ2) is 8.89. The van der Waals surface area contributed by atoms with Crippen LogP contribution in [0.15, 0.2) is 36.7 Å². The molecule has 1 aromatic heterocycles. The zero-order valence-electron chi connectivity index (χ0n) is 15.7. The third kappa shape index (κ3) is 6.07. The summed E-state index contributed by atoms with van der Waals surface area (Å²) >= 11 is 0. The number of piperidine rings is 1. The normalized spacial score (nSPS) is 16.9. The predicted molar refractivity (Wildman–Crippen MR) is 99.2 cm³/mol. The third-order valence-electron chi connectivity index (χ3n) is 5.22. The van der Waals surface area contributed by atoms with Gasteiger partial charge in [0.25, 0.3) is 0 Å². The van der Waals surface area contributed by atoms with Crippen LogP contribution in [0.5, 0.6) is 0 Å². The SMILES string of the molecule is CN(Cc1ncc[nH]1)CC1CCN(CCc2cccc(C(F)(F)F)c2)CC1. The lowest BCUT2D eigenvalue weighted by molar-refractivity contribution is -0.137. The molecule has 1 N–H and O–H groups in total. The molecular formula is C20H27F3N4. The highest BCUT2D eigenvalue weighted by Crippen LogP contribution is 2.29. The van der Waals surface area contributed by atoms with Crippen LogP contribution in [0, 0.1) is 5.92 Å². The number of benzene rings is 1. The molecule has 2 heterocycles. The molecule has 0 atom stereocenters. The molecule has 1 saturated heterocycles. The fraction of sp³-hybridized carbons (Fsp3) is 0.550. The van der Waals surface area contributed by atoms with Crippen molar-refractivity contribution in [3.8, 4) is 0 Å². The molecule has 1 aromatic carbocycles. The number of hydrogen-bond acceptors (Lipinski definition) is 3. The first-order valence-corrected chi connectivity index (χ1v) is 9.45. The Morgan fingerprint density at radius 3 is 2.70 bits per heavy atom. The summed E-state index contributed by atoms with van der Waals surface area (Å²) in [6, 6.07) is 5.69. The van der Waals surface area contributed by atoms with Gasteiger partial charge in [0.1, 0.15) is 5.82 Å². The van der Waals surface area contributed by atoms with E-state index in [1.54, 1.807) is 12.3 Å². The molecule has 27 heavy (non-hydrogen) atoms. The standard InChI is InChI=1S/C20H27F3N4/c1-26(15-19-24-8-9-25-19)14-17-6-11-27(12-7-17)10-5-16-3-2-4-18(13-16)20(21,22)23/h2-4,8-9,13,17H,5-7,10-12,14-15H2,1H3,(H,24,25). The van der Waals surface area contributed by atoms with Gasteiger partial charge in [-0.05, 0) is 56.9 Å². The molecule has 148 valence electrons.